The number of rotatable bonds is 5. The van der Waals surface area contributed by atoms with Crippen molar-refractivity contribution in [3.05, 3.63) is 57.2 Å². The van der Waals surface area contributed by atoms with Crippen LogP contribution in [0.5, 0.6) is 0 Å². The molecule has 8 heteroatoms. The number of aromatic nitrogens is 1. The number of aryl methyl sites for hydroxylation is 1. The molecule has 2 heterocycles. The van der Waals surface area contributed by atoms with Gasteiger partial charge in [0.2, 0.25) is 0 Å². The number of benzene rings is 2. The van der Waals surface area contributed by atoms with Gasteiger partial charge in [-0.2, -0.15) is 0 Å². The molecule has 0 saturated carbocycles. The number of fused-ring (bicyclic) bond motifs is 3. The highest BCUT2D eigenvalue weighted by Gasteiger charge is 2.35. The first kappa shape index (κ1) is 18.7. The van der Waals surface area contributed by atoms with Gasteiger partial charge in [-0.3, -0.25) is 19.7 Å². The topological polar surface area (TPSA) is 88.4 Å². The van der Waals surface area contributed by atoms with Crippen molar-refractivity contribution < 1.29 is 20.9 Å². The molecule has 1 aliphatic heterocycles. The Morgan fingerprint density at radius 2 is 1.82 bits per heavy atom. The monoisotopic (exact) mass is 418 g/mol. The lowest BCUT2D eigenvalue weighted by Gasteiger charge is -2.12. The van der Waals surface area contributed by atoms with Crippen LogP contribution in [0.15, 0.2) is 30.3 Å². The number of hydrogen-bond acceptors (Lipinski definition) is 4. The minimum Gasteiger partial charge on any atom is -0.396 e. The van der Waals surface area contributed by atoms with Gasteiger partial charge in [-0.05, 0) is 24.1 Å². The number of carbonyl (C=O) groups excluding carboxylic acids is 3. The number of aliphatic hydroxyl groups is 1. The average Bonchev–Trinajstić information content (AvgIpc) is 3.13. The lowest BCUT2D eigenvalue weighted by molar-refractivity contribution is 0.0880. The second-order valence-corrected chi connectivity index (χ2v) is 7.16. The fraction of sp³-hybridized carbons (Fsp3) is 0.150. The van der Waals surface area contributed by atoms with Crippen LogP contribution >= 0.6 is 23.2 Å². The lowest BCUT2D eigenvalue weighted by Crippen LogP contribution is -2.20. The largest absolute Gasteiger partial charge is 0.396 e. The molecule has 0 atom stereocenters. The zero-order chi connectivity index (χ0) is 20.0. The van der Waals surface area contributed by atoms with Crippen molar-refractivity contribution in [3.63, 3.8) is 0 Å². The summed E-state index contributed by atoms with van der Waals surface area (Å²) in [5, 5.41) is 12.4. The van der Waals surface area contributed by atoms with Gasteiger partial charge in [-0.1, -0.05) is 41.4 Å². The average molecular weight is 419 g/mol. The molecule has 6 nitrogen and oxygen atoms in total. The molecule has 144 valence electrons. The van der Waals surface area contributed by atoms with Gasteiger partial charge in [-0.25, -0.2) is 0 Å². The number of aliphatic hydroxyl groups excluding tert-OH is 1. The van der Waals surface area contributed by atoms with Gasteiger partial charge in [-0.15, -0.1) is 0 Å². The Bertz CT molecular complexity index is 1170. The van der Waals surface area contributed by atoms with E-state index in [9.17, 15) is 19.5 Å². The maximum absolute atomic E-state index is 12.6. The van der Waals surface area contributed by atoms with Crippen LogP contribution in [-0.4, -0.2) is 34.4 Å². The van der Waals surface area contributed by atoms with Crippen molar-refractivity contribution in [3.8, 4) is 11.1 Å². The molecule has 1 aromatic heterocycles. The first-order valence-electron chi connectivity index (χ1n) is 8.54. The Morgan fingerprint density at radius 3 is 2.50 bits per heavy atom. The molecule has 2 amide bonds. The number of aldehydes is 1. The summed E-state index contributed by atoms with van der Waals surface area (Å²) < 4.78 is 1.65. The second-order valence-electron chi connectivity index (χ2n) is 6.38. The van der Waals surface area contributed by atoms with Crippen LogP contribution in [0.3, 0.4) is 0 Å². The predicted octanol–water partition coefficient (Wildman–Crippen LogP) is 3.94. The van der Waals surface area contributed by atoms with E-state index in [4.69, 9.17) is 23.2 Å². The molecule has 3 aromatic rings. The maximum atomic E-state index is 12.6. The maximum Gasteiger partial charge on any atom is 0.259 e. The number of hydrogen-bond donors (Lipinski definition) is 2. The molecule has 0 fully saturated rings. The predicted molar refractivity (Wildman–Crippen MR) is 108 cm³/mol. The summed E-state index contributed by atoms with van der Waals surface area (Å²) >= 11 is 12.8. The van der Waals surface area contributed by atoms with Crippen LogP contribution in [0.1, 0.15) is 39.1 Å². The summed E-state index contributed by atoms with van der Waals surface area (Å²) in [6.45, 7) is 0.251. The van der Waals surface area contributed by atoms with E-state index >= 15 is 0 Å². The minimum absolute atomic E-state index is 0. The van der Waals surface area contributed by atoms with E-state index in [1.54, 1.807) is 34.9 Å². The van der Waals surface area contributed by atoms with E-state index in [1.807, 2.05) is 0 Å². The normalized spacial score (nSPS) is 13.1. The Labute approximate surface area is 171 Å². The molecule has 4 rings (SSSR count). The molecule has 0 bridgehead atoms. The molecule has 0 radical (unpaired) electrons. The molecule has 2 aromatic carbocycles. The Balaban J connectivity index is 0.00000240. The van der Waals surface area contributed by atoms with Crippen LogP contribution in [0, 0.1) is 0 Å². The van der Waals surface area contributed by atoms with Crippen molar-refractivity contribution in [2.24, 2.45) is 0 Å². The molecule has 0 unspecified atom stereocenters. The van der Waals surface area contributed by atoms with E-state index in [2.05, 4.69) is 5.32 Å². The summed E-state index contributed by atoms with van der Waals surface area (Å²) in [6, 6.07) is 8.70. The lowest BCUT2D eigenvalue weighted by atomic mass is 9.94. The Hall–Kier alpha value is -2.67. The highest BCUT2D eigenvalue weighted by Crippen LogP contribution is 2.42. The van der Waals surface area contributed by atoms with Crippen molar-refractivity contribution >= 4 is 52.2 Å². The number of amides is 2. The van der Waals surface area contributed by atoms with Crippen molar-refractivity contribution in [2.45, 2.75) is 13.0 Å². The van der Waals surface area contributed by atoms with Crippen molar-refractivity contribution in [2.75, 3.05) is 6.61 Å². The number of carbonyl (C=O) groups is 3. The SMILES string of the molecule is O=Cc1c(Cl)c2c3c(c(-c4ccccc4Cl)cc2n1CCCO)C(=O)NC3=O.[HH]. The van der Waals surface area contributed by atoms with Crippen LogP contribution in [0.4, 0.5) is 0 Å². The fourth-order valence-electron chi connectivity index (χ4n) is 3.65. The smallest absolute Gasteiger partial charge is 0.259 e. The van der Waals surface area contributed by atoms with Gasteiger partial charge < -0.3 is 9.67 Å². The number of halogens is 2. The summed E-state index contributed by atoms with van der Waals surface area (Å²) in [7, 11) is 0. The van der Waals surface area contributed by atoms with Gasteiger partial charge in [0.25, 0.3) is 11.8 Å². The molecule has 2 N–H and O–H groups in total. The van der Waals surface area contributed by atoms with E-state index in [0.717, 1.165) is 0 Å². The van der Waals surface area contributed by atoms with Crippen molar-refractivity contribution in [1.29, 1.82) is 0 Å². The van der Waals surface area contributed by atoms with E-state index in [-0.39, 0.29) is 29.9 Å². The third-order valence-electron chi connectivity index (χ3n) is 4.83. The molecule has 0 aliphatic carbocycles. The summed E-state index contributed by atoms with van der Waals surface area (Å²) in [4.78, 5) is 36.8. The third kappa shape index (κ3) is 2.64. The summed E-state index contributed by atoms with van der Waals surface area (Å²) in [5.41, 5.74) is 2.10. The fourth-order valence-corrected chi connectivity index (χ4v) is 4.22. The second kappa shape index (κ2) is 7.05. The number of imide groups is 1. The summed E-state index contributed by atoms with van der Waals surface area (Å²) in [6.07, 6.45) is 1.00. The molecule has 1 aliphatic rings. The van der Waals surface area contributed by atoms with Crippen molar-refractivity contribution in [1.82, 2.24) is 9.88 Å². The highest BCUT2D eigenvalue weighted by molar-refractivity contribution is 6.42. The van der Waals surface area contributed by atoms with Crippen LogP contribution in [0.2, 0.25) is 10.0 Å². The van der Waals surface area contributed by atoms with Crippen LogP contribution < -0.4 is 5.32 Å². The van der Waals surface area contributed by atoms with E-state index < -0.39 is 11.8 Å². The van der Waals surface area contributed by atoms with E-state index in [0.29, 0.717) is 46.3 Å². The standard InChI is InChI=1S/C20H14Cl2N2O4.H2/c21-12-5-2-1-4-10(12)11-8-13-16(17-15(11)19(27)23-20(17)28)18(22)14(9-26)24(13)6-3-7-25;/h1-2,4-5,8-9,25H,3,6-7H2,(H,23,27,28);1H. The quantitative estimate of drug-likeness (QED) is 0.485. The zero-order valence-electron chi connectivity index (χ0n) is 14.5. The number of nitrogens with zero attached hydrogens (tertiary/aromatic N) is 1. The molecular formula is C20H16Cl2N2O4. The van der Waals surface area contributed by atoms with Crippen LogP contribution in [-0.2, 0) is 6.54 Å². The zero-order valence-corrected chi connectivity index (χ0v) is 16.0. The molecule has 0 spiro atoms. The Kier molecular flexibility index (Phi) is 4.71. The third-order valence-corrected chi connectivity index (χ3v) is 5.54. The number of nitrogens with one attached hydrogen (secondary N) is 1. The molecular weight excluding hydrogens is 403 g/mol. The van der Waals surface area contributed by atoms with Gasteiger partial charge in [0.1, 0.15) is 5.69 Å². The Morgan fingerprint density at radius 1 is 1.11 bits per heavy atom. The van der Waals surface area contributed by atoms with Gasteiger partial charge >= 0.3 is 0 Å². The van der Waals surface area contributed by atoms with E-state index in [1.165, 1.54) is 0 Å². The first-order valence-corrected chi connectivity index (χ1v) is 9.30. The first-order chi connectivity index (χ1) is 13.5. The van der Waals surface area contributed by atoms with Gasteiger partial charge in [0.05, 0.1) is 21.7 Å². The highest BCUT2D eigenvalue weighted by atomic mass is 35.5. The van der Waals surface area contributed by atoms with Gasteiger partial charge in [0.15, 0.2) is 6.29 Å². The summed E-state index contributed by atoms with van der Waals surface area (Å²) in [5.74, 6) is -1.11. The van der Waals surface area contributed by atoms with Crippen LogP contribution in [0.25, 0.3) is 22.0 Å². The minimum atomic E-state index is -0.572. The van der Waals surface area contributed by atoms with Gasteiger partial charge in [0, 0.05) is 30.6 Å². The molecule has 0 saturated heterocycles. The molecule has 28 heavy (non-hydrogen) atoms.